The Bertz CT molecular complexity index is 576. The fraction of sp³-hybridized carbons (Fsp3) is 0.520. The monoisotopic (exact) mass is 385 g/mol. The zero-order valence-electron chi connectivity index (χ0n) is 15.2. The van der Waals surface area contributed by atoms with Crippen molar-refractivity contribution in [1.29, 1.82) is 0 Å². The predicted octanol–water partition coefficient (Wildman–Crippen LogP) is 5.29. The highest BCUT2D eigenvalue weighted by Crippen LogP contribution is 2.13. The van der Waals surface area contributed by atoms with Gasteiger partial charge in [0.2, 0.25) is 0 Å². The molecular formula is C25H43N3. The van der Waals surface area contributed by atoms with Gasteiger partial charge >= 0.3 is 0 Å². The van der Waals surface area contributed by atoms with Crippen LogP contribution in [0, 0.1) is 0 Å². The van der Waals surface area contributed by atoms with Crippen molar-refractivity contribution in [1.82, 2.24) is 16.0 Å². The molecule has 0 aromatic heterocycles. The van der Waals surface area contributed by atoms with Gasteiger partial charge < -0.3 is 16.0 Å². The molecule has 0 amide bonds. The Hall–Kier alpha value is -1.68. The second-order valence-electron chi connectivity index (χ2n) is 6.88. The van der Waals surface area contributed by atoms with Crippen LogP contribution < -0.4 is 16.0 Å². The summed E-state index contributed by atoms with van der Waals surface area (Å²) in [6, 6.07) is 17.2. The first-order valence-electron chi connectivity index (χ1n) is 9.69. The summed E-state index contributed by atoms with van der Waals surface area (Å²) in [6.45, 7) is 6.79. The Morgan fingerprint density at radius 3 is 1.36 bits per heavy atom. The van der Waals surface area contributed by atoms with Crippen LogP contribution in [0.3, 0.4) is 0 Å². The SMILES string of the molecule is C.C.C.C1CCNCC1.c1ccc2c(c1)CCNC2.c1ccc2c(c1)CNC2. The molecule has 0 atom stereocenters. The van der Waals surface area contributed by atoms with E-state index in [4.69, 9.17) is 0 Å². The molecule has 5 rings (SSSR count). The van der Waals surface area contributed by atoms with Crippen LogP contribution in [-0.2, 0) is 26.1 Å². The summed E-state index contributed by atoms with van der Waals surface area (Å²) in [7, 11) is 0. The average molecular weight is 386 g/mol. The van der Waals surface area contributed by atoms with Crippen molar-refractivity contribution < 1.29 is 0 Å². The predicted molar refractivity (Wildman–Crippen MR) is 126 cm³/mol. The first-order valence-corrected chi connectivity index (χ1v) is 9.69. The fourth-order valence-corrected chi connectivity index (χ4v) is 3.46. The smallest absolute Gasteiger partial charge is 0.0211 e. The molecule has 3 nitrogen and oxygen atoms in total. The quantitative estimate of drug-likeness (QED) is 0.576. The molecule has 2 aromatic rings. The lowest BCUT2D eigenvalue weighted by Gasteiger charge is -2.15. The van der Waals surface area contributed by atoms with E-state index in [0.29, 0.717) is 0 Å². The maximum atomic E-state index is 3.34. The molecule has 28 heavy (non-hydrogen) atoms. The van der Waals surface area contributed by atoms with Gasteiger partial charge in [0.1, 0.15) is 0 Å². The topological polar surface area (TPSA) is 36.1 Å². The Labute approximate surface area is 174 Å². The highest BCUT2D eigenvalue weighted by atomic mass is 14.9. The van der Waals surface area contributed by atoms with Gasteiger partial charge in [0.25, 0.3) is 0 Å². The summed E-state index contributed by atoms with van der Waals surface area (Å²) < 4.78 is 0. The molecule has 0 spiro atoms. The van der Waals surface area contributed by atoms with E-state index >= 15 is 0 Å². The Balaban J connectivity index is 0.000000381. The largest absolute Gasteiger partial charge is 0.317 e. The van der Waals surface area contributed by atoms with Crippen molar-refractivity contribution in [2.75, 3.05) is 19.6 Å². The first kappa shape index (κ1) is 26.3. The molecule has 3 heterocycles. The third-order valence-electron chi connectivity index (χ3n) is 4.96. The van der Waals surface area contributed by atoms with Crippen LogP contribution in [-0.4, -0.2) is 19.6 Å². The van der Waals surface area contributed by atoms with Gasteiger partial charge in [0, 0.05) is 19.6 Å². The van der Waals surface area contributed by atoms with Crippen LogP contribution in [0.2, 0.25) is 0 Å². The van der Waals surface area contributed by atoms with Gasteiger partial charge in [-0.2, -0.15) is 0 Å². The molecule has 0 unspecified atom stereocenters. The first-order chi connectivity index (χ1) is 12.4. The van der Waals surface area contributed by atoms with E-state index in [1.807, 2.05) is 0 Å². The molecule has 0 aliphatic carbocycles. The van der Waals surface area contributed by atoms with Crippen LogP contribution in [0.15, 0.2) is 48.5 Å². The van der Waals surface area contributed by atoms with E-state index in [1.54, 1.807) is 0 Å². The molecule has 0 bridgehead atoms. The summed E-state index contributed by atoms with van der Waals surface area (Å²) in [6.07, 6.45) is 5.41. The van der Waals surface area contributed by atoms with E-state index in [1.165, 1.54) is 61.0 Å². The molecule has 1 saturated heterocycles. The number of benzene rings is 2. The third kappa shape index (κ3) is 8.55. The van der Waals surface area contributed by atoms with Crippen molar-refractivity contribution in [2.45, 2.75) is 67.6 Å². The van der Waals surface area contributed by atoms with E-state index in [0.717, 1.165) is 26.2 Å². The van der Waals surface area contributed by atoms with Crippen LogP contribution in [0.4, 0.5) is 0 Å². The third-order valence-corrected chi connectivity index (χ3v) is 4.96. The van der Waals surface area contributed by atoms with Gasteiger partial charge in [0.15, 0.2) is 0 Å². The van der Waals surface area contributed by atoms with Gasteiger partial charge in [0.05, 0.1) is 0 Å². The van der Waals surface area contributed by atoms with Gasteiger partial charge in [-0.05, 0) is 61.2 Å². The average Bonchev–Trinajstić information content (AvgIpc) is 3.19. The van der Waals surface area contributed by atoms with Crippen molar-refractivity contribution in [3.63, 3.8) is 0 Å². The minimum atomic E-state index is 0. The van der Waals surface area contributed by atoms with Crippen LogP contribution in [0.25, 0.3) is 0 Å². The lowest BCUT2D eigenvalue weighted by molar-refractivity contribution is 0.520. The molecule has 3 N–H and O–H groups in total. The summed E-state index contributed by atoms with van der Waals surface area (Å²) in [4.78, 5) is 0. The number of nitrogens with one attached hydrogen (secondary N) is 3. The summed E-state index contributed by atoms with van der Waals surface area (Å²) >= 11 is 0. The van der Waals surface area contributed by atoms with Gasteiger partial charge in [-0.15, -0.1) is 0 Å². The summed E-state index contributed by atoms with van der Waals surface area (Å²) in [5.41, 5.74) is 5.89. The standard InChI is InChI=1S/C9H11N.C8H9N.C5H11N.3CH4/c1-2-4-9-7-10-6-5-8(9)3-1;1-2-4-8-6-9-5-7(8)3-1;1-2-4-6-5-3-1;;;/h1-4,10H,5-7H2;1-4,9H,5-6H2;6H,1-5H2;3*1H4. The fourth-order valence-electron chi connectivity index (χ4n) is 3.46. The Kier molecular flexibility index (Phi) is 14.4. The van der Waals surface area contributed by atoms with Crippen molar-refractivity contribution in [3.05, 3.63) is 70.8 Å². The number of rotatable bonds is 0. The maximum absolute atomic E-state index is 3.34. The lowest BCUT2D eigenvalue weighted by Crippen LogP contribution is -2.23. The highest BCUT2D eigenvalue weighted by Gasteiger charge is 2.06. The number of piperidine rings is 1. The molecule has 3 aliphatic heterocycles. The molecule has 3 heteroatoms. The molecule has 3 aliphatic rings. The summed E-state index contributed by atoms with van der Waals surface area (Å²) in [5.74, 6) is 0. The molecule has 1 fully saturated rings. The minimum absolute atomic E-state index is 0. The zero-order valence-corrected chi connectivity index (χ0v) is 15.2. The van der Waals surface area contributed by atoms with Crippen molar-refractivity contribution in [3.8, 4) is 0 Å². The number of hydrogen-bond acceptors (Lipinski definition) is 3. The molecule has 2 aromatic carbocycles. The van der Waals surface area contributed by atoms with Crippen molar-refractivity contribution in [2.24, 2.45) is 0 Å². The molecular weight excluding hydrogens is 342 g/mol. The van der Waals surface area contributed by atoms with E-state index < -0.39 is 0 Å². The zero-order chi connectivity index (χ0) is 17.2. The Morgan fingerprint density at radius 1 is 0.464 bits per heavy atom. The molecule has 0 radical (unpaired) electrons. The highest BCUT2D eigenvalue weighted by molar-refractivity contribution is 5.30. The normalized spacial score (nSPS) is 16.0. The lowest BCUT2D eigenvalue weighted by atomic mass is 10.0. The second kappa shape index (κ2) is 15.3. The van der Waals surface area contributed by atoms with E-state index in [-0.39, 0.29) is 22.3 Å². The summed E-state index contributed by atoms with van der Waals surface area (Å²) in [5, 5.41) is 9.91. The second-order valence-corrected chi connectivity index (χ2v) is 6.88. The minimum Gasteiger partial charge on any atom is -0.317 e. The maximum Gasteiger partial charge on any atom is 0.0211 e. The van der Waals surface area contributed by atoms with E-state index in [9.17, 15) is 0 Å². The van der Waals surface area contributed by atoms with Gasteiger partial charge in [-0.1, -0.05) is 77.2 Å². The van der Waals surface area contributed by atoms with Gasteiger partial charge in [-0.3, -0.25) is 0 Å². The van der Waals surface area contributed by atoms with Crippen LogP contribution >= 0.6 is 0 Å². The number of hydrogen-bond donors (Lipinski definition) is 3. The molecule has 0 saturated carbocycles. The van der Waals surface area contributed by atoms with Crippen molar-refractivity contribution >= 4 is 0 Å². The van der Waals surface area contributed by atoms with E-state index in [2.05, 4.69) is 64.5 Å². The van der Waals surface area contributed by atoms with Crippen LogP contribution in [0.1, 0.15) is 63.8 Å². The molecule has 158 valence electrons. The Morgan fingerprint density at radius 2 is 0.929 bits per heavy atom. The number of fused-ring (bicyclic) bond motifs is 2. The van der Waals surface area contributed by atoms with Gasteiger partial charge in [-0.25, -0.2) is 0 Å². The van der Waals surface area contributed by atoms with Crippen LogP contribution in [0.5, 0.6) is 0 Å².